The fourth-order valence-corrected chi connectivity index (χ4v) is 2.17. The molecule has 0 unspecified atom stereocenters. The first-order valence-electron chi connectivity index (χ1n) is 5.50. The molecule has 4 nitrogen and oxygen atoms in total. The Morgan fingerprint density at radius 1 is 1.28 bits per heavy atom. The van der Waals surface area contributed by atoms with Gasteiger partial charge in [-0.25, -0.2) is 0 Å². The molecule has 1 amide bonds. The highest BCUT2D eigenvalue weighted by molar-refractivity contribution is 6.05. The Morgan fingerprint density at radius 3 is 2.83 bits per heavy atom. The summed E-state index contributed by atoms with van der Waals surface area (Å²) in [6.07, 6.45) is 1.65. The van der Waals surface area contributed by atoms with Gasteiger partial charge in [0.05, 0.1) is 7.11 Å². The Balaban J connectivity index is 2.35. The molecule has 1 aliphatic heterocycles. The first-order valence-corrected chi connectivity index (χ1v) is 5.50. The van der Waals surface area contributed by atoms with Crippen molar-refractivity contribution in [3.63, 3.8) is 0 Å². The van der Waals surface area contributed by atoms with Crippen molar-refractivity contribution in [1.29, 1.82) is 0 Å². The van der Waals surface area contributed by atoms with Crippen molar-refractivity contribution in [3.8, 4) is 11.5 Å². The minimum absolute atomic E-state index is 0.153. The normalized spacial score (nSPS) is 12.8. The van der Waals surface area contributed by atoms with Gasteiger partial charge in [0.2, 0.25) is 0 Å². The molecule has 2 aromatic carbocycles. The third kappa shape index (κ3) is 1.43. The van der Waals surface area contributed by atoms with Gasteiger partial charge in [0, 0.05) is 10.8 Å². The molecule has 0 saturated carbocycles. The molecule has 1 aliphatic rings. The fraction of sp³-hybridized carbons (Fsp3) is 0.0714. The summed E-state index contributed by atoms with van der Waals surface area (Å²) in [6, 6.07) is 9.36. The monoisotopic (exact) mass is 241 g/mol. The van der Waals surface area contributed by atoms with Gasteiger partial charge in [-0.05, 0) is 23.8 Å². The zero-order chi connectivity index (χ0) is 12.7. The Kier molecular flexibility index (Phi) is 2.23. The zero-order valence-corrected chi connectivity index (χ0v) is 9.77. The van der Waals surface area contributed by atoms with Crippen LogP contribution in [0, 0.1) is 0 Å². The number of carbonyl (C=O) groups excluding carboxylic acids is 1. The lowest BCUT2D eigenvalue weighted by Gasteiger charge is -2.18. The summed E-state index contributed by atoms with van der Waals surface area (Å²) in [7, 11) is 1.62. The van der Waals surface area contributed by atoms with Crippen molar-refractivity contribution in [2.75, 3.05) is 7.11 Å². The number of nitrogens with two attached hydrogens (primary N) is 1. The number of hydrogen-bond donors (Lipinski definition) is 1. The molecule has 3 rings (SSSR count). The molecule has 90 valence electrons. The van der Waals surface area contributed by atoms with Crippen molar-refractivity contribution in [1.82, 2.24) is 0 Å². The van der Waals surface area contributed by atoms with Gasteiger partial charge >= 0.3 is 0 Å². The number of hydrogen-bond acceptors (Lipinski definition) is 3. The summed E-state index contributed by atoms with van der Waals surface area (Å²) >= 11 is 0. The van der Waals surface area contributed by atoms with E-state index in [9.17, 15) is 4.79 Å². The third-order valence-electron chi connectivity index (χ3n) is 2.96. The first kappa shape index (κ1) is 10.7. The van der Waals surface area contributed by atoms with Gasteiger partial charge in [-0.15, -0.1) is 0 Å². The molecule has 1 heterocycles. The molecule has 4 heteroatoms. The lowest BCUT2D eigenvalue weighted by molar-refractivity contribution is -0.116. The van der Waals surface area contributed by atoms with Gasteiger partial charge in [0.25, 0.3) is 5.91 Å². The Morgan fingerprint density at radius 2 is 2.11 bits per heavy atom. The van der Waals surface area contributed by atoms with Crippen LogP contribution in [0.4, 0.5) is 0 Å². The molecular formula is C14H11NO3. The predicted octanol–water partition coefficient (Wildman–Crippen LogP) is 2.07. The van der Waals surface area contributed by atoms with E-state index in [1.54, 1.807) is 19.3 Å². The van der Waals surface area contributed by atoms with Crippen LogP contribution in [0.1, 0.15) is 5.56 Å². The lowest BCUT2D eigenvalue weighted by Crippen LogP contribution is -2.19. The number of benzene rings is 2. The second-order valence-corrected chi connectivity index (χ2v) is 4.01. The summed E-state index contributed by atoms with van der Waals surface area (Å²) < 4.78 is 10.8. The van der Waals surface area contributed by atoms with Crippen molar-refractivity contribution in [3.05, 3.63) is 41.7 Å². The Hall–Kier alpha value is -2.49. The molecule has 0 fully saturated rings. The molecule has 18 heavy (non-hydrogen) atoms. The third-order valence-corrected chi connectivity index (χ3v) is 2.96. The summed E-state index contributed by atoms with van der Waals surface area (Å²) in [5.41, 5.74) is 6.16. The molecule has 0 atom stereocenters. The summed E-state index contributed by atoms with van der Waals surface area (Å²) in [6.45, 7) is 0. The second-order valence-electron chi connectivity index (χ2n) is 4.01. The van der Waals surface area contributed by atoms with Gasteiger partial charge in [0.1, 0.15) is 11.5 Å². The number of amides is 1. The maximum absolute atomic E-state index is 11.2. The number of methoxy groups -OCH3 is 1. The molecular weight excluding hydrogens is 230 g/mol. The SMILES string of the molecule is COc1ccc2c3c(cccc13)OC(C(N)=O)=C2. The van der Waals surface area contributed by atoms with E-state index in [-0.39, 0.29) is 5.76 Å². The standard InChI is InChI=1S/C14H11NO3/c1-17-10-6-5-8-7-12(14(15)16)18-11-4-2-3-9(10)13(8)11/h2-7H,1H3,(H2,15,16). The molecule has 0 radical (unpaired) electrons. The van der Waals surface area contributed by atoms with Gasteiger partial charge in [-0.2, -0.15) is 0 Å². The van der Waals surface area contributed by atoms with Gasteiger partial charge in [-0.3, -0.25) is 4.79 Å². The summed E-state index contributed by atoms with van der Waals surface area (Å²) in [5.74, 6) is 0.974. The average molecular weight is 241 g/mol. The molecule has 2 aromatic rings. The molecule has 0 spiro atoms. The quantitative estimate of drug-likeness (QED) is 0.875. The second kappa shape index (κ2) is 3.77. The van der Waals surface area contributed by atoms with E-state index >= 15 is 0 Å². The van der Waals surface area contributed by atoms with Gasteiger partial charge in [0.15, 0.2) is 5.76 Å². The first-order chi connectivity index (χ1) is 8.70. The maximum Gasteiger partial charge on any atom is 0.284 e. The van der Waals surface area contributed by atoms with Crippen molar-refractivity contribution >= 4 is 22.8 Å². The van der Waals surface area contributed by atoms with Crippen LogP contribution in [0.2, 0.25) is 0 Å². The lowest BCUT2D eigenvalue weighted by atomic mass is 10.00. The highest BCUT2D eigenvalue weighted by Crippen LogP contribution is 2.39. The van der Waals surface area contributed by atoms with Crippen LogP contribution >= 0.6 is 0 Å². The van der Waals surface area contributed by atoms with Crippen LogP contribution in [0.15, 0.2) is 36.1 Å². The minimum Gasteiger partial charge on any atom is -0.496 e. The fourth-order valence-electron chi connectivity index (χ4n) is 2.17. The number of ether oxygens (including phenoxy) is 2. The molecule has 0 saturated heterocycles. The summed E-state index contributed by atoms with van der Waals surface area (Å²) in [4.78, 5) is 11.2. The van der Waals surface area contributed by atoms with E-state index in [0.717, 1.165) is 22.1 Å². The van der Waals surface area contributed by atoms with Crippen LogP contribution in [-0.4, -0.2) is 13.0 Å². The zero-order valence-electron chi connectivity index (χ0n) is 9.77. The van der Waals surface area contributed by atoms with E-state index in [2.05, 4.69) is 0 Å². The Labute approximate surface area is 104 Å². The summed E-state index contributed by atoms with van der Waals surface area (Å²) in [5, 5.41) is 1.88. The molecule has 0 aromatic heterocycles. The molecule has 2 N–H and O–H groups in total. The van der Waals surface area contributed by atoms with E-state index < -0.39 is 5.91 Å². The van der Waals surface area contributed by atoms with Crippen LogP contribution in [-0.2, 0) is 4.79 Å². The highest BCUT2D eigenvalue weighted by Gasteiger charge is 2.19. The Bertz CT molecular complexity index is 689. The van der Waals surface area contributed by atoms with E-state index in [4.69, 9.17) is 15.2 Å². The van der Waals surface area contributed by atoms with Crippen LogP contribution in [0.5, 0.6) is 11.5 Å². The minimum atomic E-state index is -0.575. The van der Waals surface area contributed by atoms with Crippen LogP contribution in [0.3, 0.4) is 0 Å². The molecule has 0 bridgehead atoms. The van der Waals surface area contributed by atoms with E-state index in [1.807, 2.05) is 24.3 Å². The van der Waals surface area contributed by atoms with Gasteiger partial charge in [-0.1, -0.05) is 18.2 Å². The topological polar surface area (TPSA) is 61.6 Å². The smallest absolute Gasteiger partial charge is 0.284 e. The van der Waals surface area contributed by atoms with Crippen molar-refractivity contribution < 1.29 is 14.3 Å². The number of primary amides is 1. The highest BCUT2D eigenvalue weighted by atomic mass is 16.5. The van der Waals surface area contributed by atoms with Crippen LogP contribution < -0.4 is 15.2 Å². The van der Waals surface area contributed by atoms with Crippen molar-refractivity contribution in [2.45, 2.75) is 0 Å². The number of rotatable bonds is 2. The molecule has 0 aliphatic carbocycles. The largest absolute Gasteiger partial charge is 0.496 e. The number of carbonyl (C=O) groups is 1. The van der Waals surface area contributed by atoms with Gasteiger partial charge < -0.3 is 15.2 Å². The van der Waals surface area contributed by atoms with E-state index in [0.29, 0.717) is 5.75 Å². The average Bonchev–Trinajstić information content (AvgIpc) is 2.39. The van der Waals surface area contributed by atoms with E-state index in [1.165, 1.54) is 0 Å². The maximum atomic E-state index is 11.2. The van der Waals surface area contributed by atoms with Crippen molar-refractivity contribution in [2.24, 2.45) is 5.73 Å². The van der Waals surface area contributed by atoms with Crippen LogP contribution in [0.25, 0.3) is 16.8 Å². The predicted molar refractivity (Wildman–Crippen MR) is 68.3 cm³/mol.